The van der Waals surface area contributed by atoms with Crippen LogP contribution in [0.5, 0.6) is 0 Å². The van der Waals surface area contributed by atoms with Crippen molar-refractivity contribution in [3.8, 4) is 11.3 Å². The van der Waals surface area contributed by atoms with Crippen LogP contribution in [0.15, 0.2) is 24.4 Å². The Bertz CT molecular complexity index is 552. The molecule has 6 heteroatoms. The molecule has 0 bridgehead atoms. The van der Waals surface area contributed by atoms with E-state index in [9.17, 15) is 13.6 Å². The third-order valence-electron chi connectivity index (χ3n) is 2.07. The van der Waals surface area contributed by atoms with Gasteiger partial charge < -0.3 is 5.11 Å². The second-order valence-corrected chi connectivity index (χ2v) is 3.09. The molecule has 0 fully saturated rings. The summed E-state index contributed by atoms with van der Waals surface area (Å²) in [7, 11) is 0. The number of carboxylic acids is 1. The lowest BCUT2D eigenvalue weighted by atomic mass is 10.1. The maximum absolute atomic E-state index is 13.4. The summed E-state index contributed by atoms with van der Waals surface area (Å²) in [5, 5.41) is 14.7. The van der Waals surface area contributed by atoms with E-state index in [4.69, 9.17) is 5.11 Å². The average molecular weight is 224 g/mol. The Morgan fingerprint density at radius 1 is 1.38 bits per heavy atom. The van der Waals surface area contributed by atoms with Crippen molar-refractivity contribution in [2.45, 2.75) is 0 Å². The van der Waals surface area contributed by atoms with Gasteiger partial charge in [-0.25, -0.2) is 13.6 Å². The molecule has 0 aliphatic heterocycles. The van der Waals surface area contributed by atoms with Crippen molar-refractivity contribution in [1.29, 1.82) is 0 Å². The van der Waals surface area contributed by atoms with Gasteiger partial charge in [0.05, 0.1) is 11.9 Å². The Kier molecular flexibility index (Phi) is 2.40. The van der Waals surface area contributed by atoms with Gasteiger partial charge in [0.15, 0.2) is 0 Å². The molecule has 0 unspecified atom stereocenters. The Morgan fingerprint density at radius 2 is 2.12 bits per heavy atom. The number of hydrogen-bond acceptors (Lipinski definition) is 2. The molecule has 82 valence electrons. The van der Waals surface area contributed by atoms with Gasteiger partial charge in [-0.15, -0.1) is 0 Å². The Hall–Kier alpha value is -2.24. The number of nitrogens with one attached hydrogen (secondary N) is 1. The van der Waals surface area contributed by atoms with Crippen LogP contribution in [0.1, 0.15) is 10.4 Å². The number of aromatic amines is 1. The number of nitrogens with zero attached hydrogens (tertiary/aromatic N) is 1. The number of H-pyrrole nitrogens is 1. The fourth-order valence-electron chi connectivity index (χ4n) is 1.35. The van der Waals surface area contributed by atoms with Crippen LogP contribution in [-0.4, -0.2) is 21.3 Å². The Morgan fingerprint density at radius 3 is 2.75 bits per heavy atom. The van der Waals surface area contributed by atoms with Gasteiger partial charge in [0.2, 0.25) is 0 Å². The van der Waals surface area contributed by atoms with Crippen molar-refractivity contribution in [3.63, 3.8) is 0 Å². The molecule has 0 saturated carbocycles. The molecule has 1 aromatic heterocycles. The number of hydrogen-bond donors (Lipinski definition) is 2. The van der Waals surface area contributed by atoms with Gasteiger partial charge in [-0.2, -0.15) is 5.10 Å². The SMILES string of the molecule is O=C(O)c1cn[nH]c1-c1ccc(F)cc1F. The molecule has 16 heavy (non-hydrogen) atoms. The topological polar surface area (TPSA) is 66.0 Å². The van der Waals surface area contributed by atoms with E-state index in [-0.39, 0.29) is 16.8 Å². The molecule has 0 radical (unpaired) electrons. The third kappa shape index (κ3) is 1.65. The average Bonchev–Trinajstić information content (AvgIpc) is 2.66. The fraction of sp³-hybridized carbons (Fsp3) is 0. The molecule has 0 aliphatic carbocycles. The maximum atomic E-state index is 13.4. The number of halogens is 2. The molecule has 0 saturated heterocycles. The molecule has 2 aromatic rings. The summed E-state index contributed by atoms with van der Waals surface area (Å²) in [5.74, 6) is -2.79. The predicted octanol–water partition coefficient (Wildman–Crippen LogP) is 2.05. The highest BCUT2D eigenvalue weighted by Gasteiger charge is 2.17. The summed E-state index contributed by atoms with van der Waals surface area (Å²) in [6.07, 6.45) is 1.07. The summed E-state index contributed by atoms with van der Waals surface area (Å²) in [6, 6.07) is 2.89. The molecule has 0 amide bonds. The van der Waals surface area contributed by atoms with E-state index in [1.165, 1.54) is 0 Å². The van der Waals surface area contributed by atoms with Crippen molar-refractivity contribution < 1.29 is 18.7 Å². The van der Waals surface area contributed by atoms with E-state index in [0.717, 1.165) is 18.3 Å². The summed E-state index contributed by atoms with van der Waals surface area (Å²) in [4.78, 5) is 10.8. The first kappa shape index (κ1) is 10.3. The molecule has 0 atom stereocenters. The van der Waals surface area contributed by atoms with Crippen molar-refractivity contribution in [3.05, 3.63) is 41.6 Å². The van der Waals surface area contributed by atoms with E-state index >= 15 is 0 Å². The summed E-state index contributed by atoms with van der Waals surface area (Å²) in [5.41, 5.74) is -0.174. The van der Waals surface area contributed by atoms with Crippen molar-refractivity contribution in [2.75, 3.05) is 0 Å². The molecule has 2 rings (SSSR count). The van der Waals surface area contributed by atoms with Crippen LogP contribution >= 0.6 is 0 Å². The van der Waals surface area contributed by atoms with Gasteiger partial charge in [0.1, 0.15) is 17.2 Å². The predicted molar refractivity (Wildman–Crippen MR) is 50.9 cm³/mol. The van der Waals surface area contributed by atoms with E-state index in [1.807, 2.05) is 0 Å². The first-order valence-electron chi connectivity index (χ1n) is 4.31. The minimum absolute atomic E-state index is 0.0185. The lowest BCUT2D eigenvalue weighted by Gasteiger charge is -2.01. The van der Waals surface area contributed by atoms with Crippen molar-refractivity contribution in [2.24, 2.45) is 0 Å². The van der Waals surface area contributed by atoms with Crippen LogP contribution in [-0.2, 0) is 0 Å². The lowest BCUT2D eigenvalue weighted by molar-refractivity contribution is 0.0698. The van der Waals surface area contributed by atoms with Gasteiger partial charge >= 0.3 is 5.97 Å². The minimum Gasteiger partial charge on any atom is -0.478 e. The maximum Gasteiger partial charge on any atom is 0.339 e. The van der Waals surface area contributed by atoms with Crippen LogP contribution in [0.2, 0.25) is 0 Å². The zero-order chi connectivity index (χ0) is 11.7. The summed E-state index contributed by atoms with van der Waals surface area (Å²) in [6.45, 7) is 0. The monoisotopic (exact) mass is 224 g/mol. The van der Waals surface area contributed by atoms with E-state index in [0.29, 0.717) is 6.07 Å². The standard InChI is InChI=1S/C10H6F2N2O2/c11-5-1-2-6(8(12)3-5)9-7(10(15)16)4-13-14-9/h1-4H,(H,13,14)(H,15,16). The molecule has 1 aromatic carbocycles. The normalized spacial score (nSPS) is 10.4. The zero-order valence-electron chi connectivity index (χ0n) is 7.87. The number of carbonyl (C=O) groups is 1. The molecule has 1 heterocycles. The second kappa shape index (κ2) is 3.73. The molecule has 0 spiro atoms. The van der Waals surface area contributed by atoms with Gasteiger partial charge in [-0.3, -0.25) is 5.10 Å². The number of benzene rings is 1. The van der Waals surface area contributed by atoms with Gasteiger partial charge in [0.25, 0.3) is 0 Å². The van der Waals surface area contributed by atoms with Gasteiger partial charge in [0, 0.05) is 11.6 Å². The zero-order valence-corrected chi connectivity index (χ0v) is 7.87. The minimum atomic E-state index is -1.23. The summed E-state index contributed by atoms with van der Waals surface area (Å²) < 4.78 is 26.0. The molecule has 0 aliphatic rings. The largest absolute Gasteiger partial charge is 0.478 e. The highest BCUT2D eigenvalue weighted by Crippen LogP contribution is 2.24. The van der Waals surface area contributed by atoms with Crippen LogP contribution < -0.4 is 0 Å². The quantitative estimate of drug-likeness (QED) is 0.820. The first-order chi connectivity index (χ1) is 7.59. The highest BCUT2D eigenvalue weighted by molar-refractivity contribution is 5.94. The molecule has 4 nitrogen and oxygen atoms in total. The van der Waals surface area contributed by atoms with Crippen LogP contribution in [0, 0.1) is 11.6 Å². The van der Waals surface area contributed by atoms with Crippen LogP contribution in [0.25, 0.3) is 11.3 Å². The number of rotatable bonds is 2. The first-order valence-corrected chi connectivity index (χ1v) is 4.31. The van der Waals surface area contributed by atoms with E-state index < -0.39 is 17.6 Å². The number of aromatic nitrogens is 2. The van der Waals surface area contributed by atoms with E-state index in [2.05, 4.69) is 10.2 Å². The number of carboxylic acid groups (broad SMARTS) is 1. The lowest BCUT2D eigenvalue weighted by Crippen LogP contribution is -1.98. The van der Waals surface area contributed by atoms with Crippen molar-refractivity contribution in [1.82, 2.24) is 10.2 Å². The second-order valence-electron chi connectivity index (χ2n) is 3.09. The molecular formula is C10H6F2N2O2. The third-order valence-corrected chi connectivity index (χ3v) is 2.07. The number of aromatic carboxylic acids is 1. The van der Waals surface area contributed by atoms with Gasteiger partial charge in [-0.1, -0.05) is 0 Å². The fourth-order valence-corrected chi connectivity index (χ4v) is 1.35. The van der Waals surface area contributed by atoms with Crippen LogP contribution in [0.3, 0.4) is 0 Å². The summed E-state index contributed by atoms with van der Waals surface area (Å²) >= 11 is 0. The highest BCUT2D eigenvalue weighted by atomic mass is 19.1. The molecule has 2 N–H and O–H groups in total. The van der Waals surface area contributed by atoms with Crippen molar-refractivity contribution >= 4 is 5.97 Å². The smallest absolute Gasteiger partial charge is 0.339 e. The van der Waals surface area contributed by atoms with Gasteiger partial charge in [-0.05, 0) is 12.1 Å². The molecular weight excluding hydrogens is 218 g/mol. The van der Waals surface area contributed by atoms with Crippen LogP contribution in [0.4, 0.5) is 8.78 Å². The Balaban J connectivity index is 2.59. The Labute approximate surface area is 88.5 Å². The van der Waals surface area contributed by atoms with E-state index in [1.54, 1.807) is 0 Å².